The lowest BCUT2D eigenvalue weighted by atomic mass is 10.1. The summed E-state index contributed by atoms with van der Waals surface area (Å²) >= 11 is 4.91. The Labute approximate surface area is 195 Å². The highest BCUT2D eigenvalue weighted by Crippen LogP contribution is 2.27. The lowest BCUT2D eigenvalue weighted by Gasteiger charge is -2.09. The molecule has 0 unspecified atom stereocenters. The summed E-state index contributed by atoms with van der Waals surface area (Å²) in [5, 5.41) is 0. The summed E-state index contributed by atoms with van der Waals surface area (Å²) in [4.78, 5) is 18.4. The van der Waals surface area contributed by atoms with Crippen LogP contribution in [0.2, 0.25) is 0 Å². The Morgan fingerprint density at radius 1 is 1.12 bits per heavy atom. The van der Waals surface area contributed by atoms with Crippen molar-refractivity contribution in [2.45, 2.75) is 20.5 Å². The maximum atomic E-state index is 13.3. The number of aromatic nitrogens is 2. The van der Waals surface area contributed by atoms with E-state index in [-0.39, 0.29) is 18.0 Å². The molecular weight excluding hydrogens is 491 g/mol. The van der Waals surface area contributed by atoms with Crippen molar-refractivity contribution in [2.75, 3.05) is 0 Å². The van der Waals surface area contributed by atoms with Crippen LogP contribution in [0.5, 0.6) is 5.75 Å². The second kappa shape index (κ2) is 8.15. The first-order chi connectivity index (χ1) is 15.4. The molecule has 3 aromatic carbocycles. The lowest BCUT2D eigenvalue weighted by Crippen LogP contribution is -2.22. The van der Waals surface area contributed by atoms with Gasteiger partial charge in [0.25, 0.3) is 5.56 Å². The van der Waals surface area contributed by atoms with E-state index in [4.69, 9.17) is 4.74 Å². The van der Waals surface area contributed by atoms with Crippen molar-refractivity contribution < 1.29 is 9.13 Å². The molecule has 0 atom stereocenters. The van der Waals surface area contributed by atoms with E-state index in [1.807, 2.05) is 56.3 Å². The molecule has 32 heavy (non-hydrogen) atoms. The maximum Gasteiger partial charge on any atom is 0.274 e. The molecule has 0 aliphatic heterocycles. The van der Waals surface area contributed by atoms with Crippen LogP contribution in [-0.4, -0.2) is 9.38 Å². The molecule has 0 bridgehead atoms. The zero-order chi connectivity index (χ0) is 22.4. The van der Waals surface area contributed by atoms with E-state index in [0.29, 0.717) is 15.2 Å². The van der Waals surface area contributed by atoms with Crippen LogP contribution in [0.25, 0.3) is 22.1 Å². The zero-order valence-electron chi connectivity index (χ0n) is 17.4. The summed E-state index contributed by atoms with van der Waals surface area (Å²) in [6.07, 6.45) is 1.86. The number of rotatable bonds is 4. The van der Waals surface area contributed by atoms with Gasteiger partial charge in [0.05, 0.1) is 20.0 Å². The summed E-state index contributed by atoms with van der Waals surface area (Å²) in [5.74, 6) is 0.357. The van der Waals surface area contributed by atoms with Gasteiger partial charge in [-0.1, -0.05) is 29.5 Å². The van der Waals surface area contributed by atoms with Crippen LogP contribution < -0.4 is 14.8 Å². The highest BCUT2D eigenvalue weighted by atomic mass is 79.9. The third-order valence-electron chi connectivity index (χ3n) is 5.39. The number of nitrogens with zero attached hydrogens (tertiary/aromatic N) is 2. The second-order valence-corrected chi connectivity index (χ2v) is 9.54. The van der Waals surface area contributed by atoms with Gasteiger partial charge in [0.1, 0.15) is 18.2 Å². The fourth-order valence-corrected chi connectivity index (χ4v) is 5.08. The molecule has 5 aromatic rings. The molecule has 4 nitrogen and oxygen atoms in total. The van der Waals surface area contributed by atoms with Gasteiger partial charge < -0.3 is 4.74 Å². The average molecular weight is 509 g/mol. The molecule has 0 saturated carbocycles. The molecule has 2 aromatic heterocycles. The summed E-state index contributed by atoms with van der Waals surface area (Å²) in [7, 11) is 0. The molecule has 2 heterocycles. The number of thiazole rings is 1. The molecule has 0 radical (unpaired) electrons. The van der Waals surface area contributed by atoms with E-state index >= 15 is 0 Å². The standard InChI is InChI=1S/C25H18BrFN2O2S/c1-14-8-20-21(9-15(14)2)29-24(30)23(32-25(29)28-20)12-16-6-7-22(19(26)11-16)31-13-17-4-3-5-18(27)10-17/h3-12H,13H2,1-2H3/b23-12-. The van der Waals surface area contributed by atoms with Crippen LogP contribution in [-0.2, 0) is 6.61 Å². The zero-order valence-corrected chi connectivity index (χ0v) is 19.8. The minimum absolute atomic E-state index is 0.0710. The monoisotopic (exact) mass is 508 g/mol. The normalized spacial score (nSPS) is 12.2. The third-order valence-corrected chi connectivity index (χ3v) is 6.98. The van der Waals surface area contributed by atoms with Gasteiger partial charge in [0.15, 0.2) is 4.96 Å². The topological polar surface area (TPSA) is 43.6 Å². The average Bonchev–Trinajstić information content (AvgIpc) is 3.24. The first kappa shape index (κ1) is 20.8. The number of ether oxygens (including phenoxy) is 1. The van der Waals surface area contributed by atoms with E-state index in [1.165, 1.54) is 23.5 Å². The SMILES string of the molecule is Cc1cc2nc3s/c(=C\c4ccc(OCc5cccc(F)c5)c(Br)c4)c(=O)n3c2cc1C. The van der Waals surface area contributed by atoms with Gasteiger partial charge in [-0.25, -0.2) is 13.8 Å². The predicted molar refractivity (Wildman–Crippen MR) is 130 cm³/mol. The largest absolute Gasteiger partial charge is 0.488 e. The van der Waals surface area contributed by atoms with Gasteiger partial charge in [-0.2, -0.15) is 0 Å². The number of hydrogen-bond donors (Lipinski definition) is 0. The highest BCUT2D eigenvalue weighted by Gasteiger charge is 2.12. The second-order valence-electron chi connectivity index (χ2n) is 7.68. The number of fused-ring (bicyclic) bond motifs is 3. The molecule has 0 aliphatic carbocycles. The molecule has 5 rings (SSSR count). The van der Waals surface area contributed by atoms with Gasteiger partial charge >= 0.3 is 0 Å². The molecule has 0 fully saturated rings. The smallest absolute Gasteiger partial charge is 0.274 e. The molecule has 0 aliphatic rings. The van der Waals surface area contributed by atoms with Crippen molar-refractivity contribution in [3.8, 4) is 5.75 Å². The van der Waals surface area contributed by atoms with Crippen LogP contribution in [0.1, 0.15) is 22.3 Å². The van der Waals surface area contributed by atoms with Crippen molar-refractivity contribution in [1.29, 1.82) is 0 Å². The molecule has 0 N–H and O–H groups in total. The van der Waals surface area contributed by atoms with Crippen LogP contribution in [0.15, 0.2) is 63.9 Å². The molecule has 0 saturated heterocycles. The molecule has 7 heteroatoms. The van der Waals surface area contributed by atoms with Crippen LogP contribution in [0.4, 0.5) is 4.39 Å². The van der Waals surface area contributed by atoms with E-state index in [9.17, 15) is 9.18 Å². The first-order valence-corrected chi connectivity index (χ1v) is 11.6. The van der Waals surface area contributed by atoms with Crippen molar-refractivity contribution >= 4 is 49.3 Å². The Balaban J connectivity index is 1.47. The fourth-order valence-electron chi connectivity index (χ4n) is 3.58. The van der Waals surface area contributed by atoms with E-state index in [0.717, 1.165) is 37.8 Å². The van der Waals surface area contributed by atoms with Crippen molar-refractivity contribution in [2.24, 2.45) is 0 Å². The third kappa shape index (κ3) is 3.82. The van der Waals surface area contributed by atoms with Crippen molar-refractivity contribution in [3.63, 3.8) is 0 Å². The van der Waals surface area contributed by atoms with Gasteiger partial charge in [-0.3, -0.25) is 4.79 Å². The Bertz CT molecular complexity index is 1610. The number of benzene rings is 3. The summed E-state index contributed by atoms with van der Waals surface area (Å²) in [5.41, 5.74) is 5.52. The van der Waals surface area contributed by atoms with Crippen molar-refractivity contribution in [3.05, 3.63) is 102 Å². The Morgan fingerprint density at radius 2 is 1.94 bits per heavy atom. The Morgan fingerprint density at radius 3 is 2.72 bits per heavy atom. The number of halogens is 2. The van der Waals surface area contributed by atoms with E-state index in [1.54, 1.807) is 10.5 Å². The van der Waals surface area contributed by atoms with Gasteiger partial charge in [0.2, 0.25) is 0 Å². The minimum Gasteiger partial charge on any atom is -0.488 e. The minimum atomic E-state index is -0.288. The number of aryl methyl sites for hydroxylation is 2. The maximum absolute atomic E-state index is 13.3. The van der Waals surface area contributed by atoms with Gasteiger partial charge in [0, 0.05) is 0 Å². The fraction of sp³-hybridized carbons (Fsp3) is 0.120. The van der Waals surface area contributed by atoms with Crippen LogP contribution in [0, 0.1) is 19.7 Å². The Kier molecular flexibility index (Phi) is 5.31. The summed E-state index contributed by atoms with van der Waals surface area (Å²) < 4.78 is 22.2. The Hall–Kier alpha value is -3.03. The summed E-state index contributed by atoms with van der Waals surface area (Å²) in [6.45, 7) is 4.34. The number of hydrogen-bond acceptors (Lipinski definition) is 4. The molecule has 0 spiro atoms. The predicted octanol–water partition coefficient (Wildman–Crippen LogP) is 5.55. The lowest BCUT2D eigenvalue weighted by molar-refractivity contribution is 0.303. The van der Waals surface area contributed by atoms with Crippen LogP contribution in [0.3, 0.4) is 0 Å². The number of imidazole rings is 1. The van der Waals surface area contributed by atoms with E-state index < -0.39 is 0 Å². The summed E-state index contributed by atoms with van der Waals surface area (Å²) in [6, 6.07) is 16.0. The highest BCUT2D eigenvalue weighted by molar-refractivity contribution is 9.10. The molecule has 0 amide bonds. The molecular formula is C25H18BrFN2O2S. The van der Waals surface area contributed by atoms with Crippen LogP contribution >= 0.6 is 27.3 Å². The first-order valence-electron chi connectivity index (χ1n) is 10.00. The van der Waals surface area contributed by atoms with E-state index in [2.05, 4.69) is 20.9 Å². The van der Waals surface area contributed by atoms with Gasteiger partial charge in [-0.15, -0.1) is 0 Å². The quantitative estimate of drug-likeness (QED) is 0.319. The molecule has 160 valence electrons. The van der Waals surface area contributed by atoms with Crippen molar-refractivity contribution in [1.82, 2.24) is 9.38 Å². The van der Waals surface area contributed by atoms with Gasteiger partial charge in [-0.05, 0) is 94.5 Å².